The second-order valence-electron chi connectivity index (χ2n) is 8.33. The van der Waals surface area contributed by atoms with Crippen molar-refractivity contribution >= 4 is 11.9 Å². The number of carbonyl (C=O) groups excluding carboxylic acids is 1. The third kappa shape index (κ3) is 14.2. The van der Waals surface area contributed by atoms with Crippen LogP contribution in [0, 0.1) is 0 Å². The van der Waals surface area contributed by atoms with Crippen LogP contribution in [0.25, 0.3) is 0 Å². The minimum Gasteiger partial charge on any atom is -0.545 e. The molecule has 0 unspecified atom stereocenters. The van der Waals surface area contributed by atoms with E-state index < -0.39 is 11.9 Å². The number of quaternary nitrogens is 1. The highest BCUT2D eigenvalue weighted by Crippen LogP contribution is 2.11. The molecule has 0 spiro atoms. The van der Waals surface area contributed by atoms with E-state index in [4.69, 9.17) is 5.11 Å². The number of hydrogen-bond donors (Lipinski definition) is 1. The molecule has 1 N–H and O–H groups in total. The van der Waals surface area contributed by atoms with Gasteiger partial charge in [-0.15, -0.1) is 0 Å². The summed E-state index contributed by atoms with van der Waals surface area (Å²) in [6, 6.07) is 5.31. The van der Waals surface area contributed by atoms with Gasteiger partial charge in [0, 0.05) is 5.56 Å². The van der Waals surface area contributed by atoms with E-state index in [1.54, 1.807) is 0 Å². The summed E-state index contributed by atoms with van der Waals surface area (Å²) < 4.78 is 1.12. The molecule has 0 fully saturated rings. The van der Waals surface area contributed by atoms with Crippen LogP contribution < -0.4 is 5.11 Å². The van der Waals surface area contributed by atoms with Gasteiger partial charge in [0.25, 0.3) is 0 Å². The molecule has 0 aliphatic carbocycles. The van der Waals surface area contributed by atoms with Gasteiger partial charge in [0.2, 0.25) is 0 Å². The van der Waals surface area contributed by atoms with Gasteiger partial charge in [0.15, 0.2) is 0 Å². The molecule has 1 aromatic rings. The first-order valence-electron chi connectivity index (χ1n) is 10.5. The Morgan fingerprint density at radius 3 is 1.61 bits per heavy atom. The Bertz CT molecular complexity index is 531. The zero-order valence-electron chi connectivity index (χ0n) is 18.2. The number of rotatable bonds is 13. The molecule has 0 radical (unpaired) electrons. The number of carboxylic acid groups (broad SMARTS) is 2. The quantitative estimate of drug-likeness (QED) is 0.399. The highest BCUT2D eigenvalue weighted by Gasteiger charge is 2.08. The van der Waals surface area contributed by atoms with E-state index >= 15 is 0 Å². The summed E-state index contributed by atoms with van der Waals surface area (Å²) in [7, 11) is 6.86. The largest absolute Gasteiger partial charge is 0.545 e. The number of aromatic carboxylic acids is 2. The van der Waals surface area contributed by atoms with Gasteiger partial charge in [-0.25, -0.2) is 4.79 Å². The number of hydrogen-bond acceptors (Lipinski definition) is 3. The fraction of sp³-hybridized carbons (Fsp3) is 0.652. The molecule has 0 aromatic heterocycles. The molecule has 0 saturated heterocycles. The summed E-state index contributed by atoms with van der Waals surface area (Å²) >= 11 is 0. The Labute approximate surface area is 171 Å². The topological polar surface area (TPSA) is 77.4 Å². The molecule has 28 heavy (non-hydrogen) atoms. The minimum atomic E-state index is -1.48. The number of nitrogens with zero attached hydrogens (tertiary/aromatic N) is 1. The van der Waals surface area contributed by atoms with Crippen LogP contribution in [0.2, 0.25) is 0 Å². The molecule has 160 valence electrons. The van der Waals surface area contributed by atoms with Crippen molar-refractivity contribution in [2.24, 2.45) is 0 Å². The molecular formula is C23H39NO4. The van der Waals surface area contributed by atoms with Gasteiger partial charge in [-0.05, 0) is 18.9 Å². The van der Waals surface area contributed by atoms with Crippen molar-refractivity contribution in [3.63, 3.8) is 0 Å². The third-order valence-corrected chi connectivity index (χ3v) is 4.56. The zero-order chi connectivity index (χ0) is 21.4. The van der Waals surface area contributed by atoms with Crippen molar-refractivity contribution in [3.05, 3.63) is 35.4 Å². The summed E-state index contributed by atoms with van der Waals surface area (Å²) in [4.78, 5) is 20.8. The van der Waals surface area contributed by atoms with Gasteiger partial charge < -0.3 is 19.5 Å². The standard InChI is InChI=1S/C15H34N.C8H6O4/c1-5-6-7-8-9-10-11-12-13-14-15-16(2,3)4;9-7(10)5-3-1-2-4-6(5)8(11)12/h5-15H2,1-4H3;1-4H,(H,9,10)(H,11,12)/q+1;/p-1. The molecule has 0 aliphatic heterocycles. The van der Waals surface area contributed by atoms with E-state index in [1.165, 1.54) is 95.0 Å². The Balaban J connectivity index is 0.000000540. The maximum Gasteiger partial charge on any atom is 0.336 e. The Kier molecular flexibility index (Phi) is 14.1. The summed E-state index contributed by atoms with van der Waals surface area (Å²) in [5, 5.41) is 18.9. The number of carbonyl (C=O) groups is 2. The van der Waals surface area contributed by atoms with E-state index in [2.05, 4.69) is 28.1 Å². The molecule has 0 amide bonds. The van der Waals surface area contributed by atoms with E-state index in [9.17, 15) is 14.7 Å². The lowest BCUT2D eigenvalue weighted by Gasteiger charge is -2.23. The number of carboxylic acids is 2. The Morgan fingerprint density at radius 2 is 1.25 bits per heavy atom. The van der Waals surface area contributed by atoms with Crippen LogP contribution in [0.1, 0.15) is 91.8 Å². The lowest BCUT2D eigenvalue weighted by atomic mass is 10.1. The molecule has 1 aromatic carbocycles. The second kappa shape index (κ2) is 15.1. The van der Waals surface area contributed by atoms with Gasteiger partial charge in [-0.1, -0.05) is 76.5 Å². The SMILES string of the molecule is CCCCCCCCCCCC[N+](C)(C)C.O=C([O-])c1ccccc1C(=O)O. The summed E-state index contributed by atoms with van der Waals surface area (Å²) in [6.07, 6.45) is 14.4. The molecular weight excluding hydrogens is 354 g/mol. The minimum absolute atomic E-state index is 0.252. The molecule has 5 nitrogen and oxygen atoms in total. The average molecular weight is 394 g/mol. The Morgan fingerprint density at radius 1 is 0.821 bits per heavy atom. The van der Waals surface area contributed by atoms with Crippen molar-refractivity contribution in [1.29, 1.82) is 0 Å². The zero-order valence-corrected chi connectivity index (χ0v) is 18.2. The van der Waals surface area contributed by atoms with Gasteiger partial charge in [0.1, 0.15) is 0 Å². The predicted molar refractivity (Wildman–Crippen MR) is 112 cm³/mol. The van der Waals surface area contributed by atoms with Crippen LogP contribution in [0.3, 0.4) is 0 Å². The smallest absolute Gasteiger partial charge is 0.336 e. The predicted octanol–water partition coefficient (Wildman–Crippen LogP) is 4.36. The van der Waals surface area contributed by atoms with Crippen molar-refractivity contribution in [1.82, 2.24) is 0 Å². The molecule has 1 rings (SSSR count). The van der Waals surface area contributed by atoms with E-state index in [0.717, 1.165) is 4.48 Å². The molecule has 0 aliphatic rings. The Hall–Kier alpha value is -1.88. The van der Waals surface area contributed by atoms with Crippen LogP contribution >= 0.6 is 0 Å². The molecule has 0 heterocycles. The van der Waals surface area contributed by atoms with E-state index in [0.29, 0.717) is 0 Å². The fourth-order valence-electron chi connectivity index (χ4n) is 2.92. The third-order valence-electron chi connectivity index (χ3n) is 4.56. The molecule has 0 bridgehead atoms. The van der Waals surface area contributed by atoms with Gasteiger partial charge >= 0.3 is 5.97 Å². The van der Waals surface area contributed by atoms with Crippen LogP contribution in [0.15, 0.2) is 24.3 Å². The lowest BCUT2D eigenvalue weighted by molar-refractivity contribution is -0.870. The molecule has 5 heteroatoms. The van der Waals surface area contributed by atoms with Crippen LogP contribution in [-0.2, 0) is 0 Å². The van der Waals surface area contributed by atoms with Crippen molar-refractivity contribution < 1.29 is 24.3 Å². The number of benzene rings is 1. The maximum absolute atomic E-state index is 10.4. The molecule has 0 atom stereocenters. The normalized spacial score (nSPS) is 10.9. The van der Waals surface area contributed by atoms with E-state index in [1.807, 2.05) is 0 Å². The van der Waals surface area contributed by atoms with Crippen molar-refractivity contribution in [2.75, 3.05) is 27.7 Å². The van der Waals surface area contributed by atoms with Crippen molar-refractivity contribution in [3.8, 4) is 0 Å². The summed E-state index contributed by atoms with van der Waals surface area (Å²) in [6.45, 7) is 3.62. The number of unbranched alkanes of at least 4 members (excludes halogenated alkanes) is 9. The second-order valence-corrected chi connectivity index (χ2v) is 8.33. The average Bonchev–Trinajstić information content (AvgIpc) is 2.63. The van der Waals surface area contributed by atoms with Crippen LogP contribution in [0.4, 0.5) is 0 Å². The summed E-state index contributed by atoms with van der Waals surface area (Å²) in [5.74, 6) is -2.75. The van der Waals surface area contributed by atoms with E-state index in [-0.39, 0.29) is 11.1 Å². The van der Waals surface area contributed by atoms with Crippen LogP contribution in [-0.4, -0.2) is 49.2 Å². The first kappa shape index (κ1) is 26.1. The lowest BCUT2D eigenvalue weighted by Crippen LogP contribution is -2.35. The van der Waals surface area contributed by atoms with Gasteiger partial charge in [-0.3, -0.25) is 0 Å². The van der Waals surface area contributed by atoms with Crippen molar-refractivity contribution in [2.45, 2.75) is 71.1 Å². The first-order valence-corrected chi connectivity index (χ1v) is 10.5. The highest BCUT2D eigenvalue weighted by molar-refractivity contribution is 6.00. The van der Waals surface area contributed by atoms with Gasteiger partial charge in [-0.2, -0.15) is 0 Å². The van der Waals surface area contributed by atoms with Crippen LogP contribution in [0.5, 0.6) is 0 Å². The highest BCUT2D eigenvalue weighted by atomic mass is 16.4. The van der Waals surface area contributed by atoms with Gasteiger partial charge in [0.05, 0.1) is 39.2 Å². The molecule has 0 saturated carbocycles. The first-order chi connectivity index (χ1) is 13.2. The summed E-state index contributed by atoms with van der Waals surface area (Å²) in [5.41, 5.74) is -0.553. The monoisotopic (exact) mass is 393 g/mol. The maximum atomic E-state index is 10.4. The fourth-order valence-corrected chi connectivity index (χ4v) is 2.92.